The Morgan fingerprint density at radius 3 is 2.65 bits per heavy atom. The second-order valence-electron chi connectivity index (χ2n) is 5.65. The molecule has 2 aromatic carbocycles. The first-order chi connectivity index (χ1) is 11.2. The molecule has 4 rings (SSSR count). The van der Waals surface area contributed by atoms with Crippen LogP contribution in [0.3, 0.4) is 0 Å². The summed E-state index contributed by atoms with van der Waals surface area (Å²) in [5.74, 6) is 1.01. The average Bonchev–Trinajstić information content (AvgIpc) is 2.95. The molecule has 0 spiro atoms. The molecule has 1 aromatic heterocycles. The van der Waals surface area contributed by atoms with E-state index in [1.807, 2.05) is 22.9 Å². The zero-order valence-electron chi connectivity index (χ0n) is 12.4. The maximum Gasteiger partial charge on any atom is 0.241 e. The van der Waals surface area contributed by atoms with E-state index >= 15 is 0 Å². The molecule has 2 heterocycles. The van der Waals surface area contributed by atoms with Crippen LogP contribution in [0, 0.1) is 0 Å². The Labute approximate surface area is 142 Å². The summed E-state index contributed by atoms with van der Waals surface area (Å²) in [6.45, 7) is 0. The highest BCUT2D eigenvalue weighted by Crippen LogP contribution is 2.38. The molecule has 0 saturated heterocycles. The molecule has 0 aliphatic carbocycles. The Kier molecular flexibility index (Phi) is 3.53. The number of nitrogen functional groups attached to an aromatic ring is 1. The minimum atomic E-state index is 0.0961. The topological polar surface area (TPSA) is 68.8 Å². The predicted molar refractivity (Wildman–Crippen MR) is 94.1 cm³/mol. The highest BCUT2D eigenvalue weighted by atomic mass is 79.9. The van der Waals surface area contributed by atoms with E-state index in [-0.39, 0.29) is 12.1 Å². The molecule has 1 aliphatic rings. The monoisotopic (exact) mass is 369 g/mol. The van der Waals surface area contributed by atoms with Crippen molar-refractivity contribution >= 4 is 27.8 Å². The molecule has 6 heteroatoms. The van der Waals surface area contributed by atoms with Gasteiger partial charge in [-0.2, -0.15) is 4.98 Å². The standard InChI is InChI=1S/C17H16BrN5/c18-13-8-4-7-12(9-13)15-10-14(11-5-2-1-3-6-11)20-17-21-16(19)22-23(15)17/h1-9,14-15H,10H2,(H3,19,20,21,22)/t14-,15-/m1/s1. The van der Waals surface area contributed by atoms with Crippen LogP contribution in [-0.4, -0.2) is 14.8 Å². The minimum absolute atomic E-state index is 0.0961. The fraction of sp³-hybridized carbons (Fsp3) is 0.176. The summed E-state index contributed by atoms with van der Waals surface area (Å²) in [5, 5.41) is 7.82. The summed E-state index contributed by atoms with van der Waals surface area (Å²) in [7, 11) is 0. The lowest BCUT2D eigenvalue weighted by molar-refractivity contribution is 0.431. The van der Waals surface area contributed by atoms with E-state index < -0.39 is 0 Å². The van der Waals surface area contributed by atoms with Crippen molar-refractivity contribution in [3.63, 3.8) is 0 Å². The van der Waals surface area contributed by atoms with Crippen molar-refractivity contribution in [1.82, 2.24) is 14.8 Å². The molecule has 0 saturated carbocycles. The Morgan fingerprint density at radius 1 is 1.09 bits per heavy atom. The van der Waals surface area contributed by atoms with Crippen LogP contribution < -0.4 is 11.1 Å². The van der Waals surface area contributed by atoms with Crippen molar-refractivity contribution in [2.45, 2.75) is 18.5 Å². The van der Waals surface area contributed by atoms with Crippen molar-refractivity contribution in [3.8, 4) is 0 Å². The molecule has 0 unspecified atom stereocenters. The van der Waals surface area contributed by atoms with Gasteiger partial charge in [-0.05, 0) is 29.7 Å². The van der Waals surface area contributed by atoms with Gasteiger partial charge in [-0.1, -0.05) is 58.4 Å². The summed E-state index contributed by atoms with van der Waals surface area (Å²) < 4.78 is 2.94. The van der Waals surface area contributed by atoms with Gasteiger partial charge in [0.1, 0.15) is 0 Å². The number of anilines is 2. The molecule has 116 valence electrons. The van der Waals surface area contributed by atoms with E-state index in [0.29, 0.717) is 11.9 Å². The first kappa shape index (κ1) is 14.3. The molecule has 0 radical (unpaired) electrons. The molecule has 0 bridgehead atoms. The van der Waals surface area contributed by atoms with Gasteiger partial charge < -0.3 is 11.1 Å². The van der Waals surface area contributed by atoms with E-state index in [9.17, 15) is 0 Å². The highest BCUT2D eigenvalue weighted by Gasteiger charge is 2.30. The third-order valence-electron chi connectivity index (χ3n) is 4.14. The summed E-state index contributed by atoms with van der Waals surface area (Å²) in [6.07, 6.45) is 0.885. The molecule has 3 N–H and O–H groups in total. The fourth-order valence-corrected chi connectivity index (χ4v) is 3.51. The zero-order chi connectivity index (χ0) is 15.8. The number of nitrogens with one attached hydrogen (secondary N) is 1. The molecular weight excluding hydrogens is 354 g/mol. The summed E-state index contributed by atoms with van der Waals surface area (Å²) >= 11 is 3.55. The van der Waals surface area contributed by atoms with Crippen molar-refractivity contribution in [2.75, 3.05) is 11.1 Å². The highest BCUT2D eigenvalue weighted by molar-refractivity contribution is 9.10. The van der Waals surface area contributed by atoms with E-state index in [1.54, 1.807) is 0 Å². The molecule has 2 atom stereocenters. The lowest BCUT2D eigenvalue weighted by Crippen LogP contribution is -2.28. The third kappa shape index (κ3) is 2.70. The second kappa shape index (κ2) is 5.70. The van der Waals surface area contributed by atoms with Gasteiger partial charge in [0.2, 0.25) is 11.9 Å². The number of aromatic nitrogens is 3. The minimum Gasteiger partial charge on any atom is -0.366 e. The summed E-state index contributed by atoms with van der Waals surface area (Å²) in [5.41, 5.74) is 8.24. The molecule has 0 fully saturated rings. The van der Waals surface area contributed by atoms with E-state index in [1.165, 1.54) is 11.1 Å². The van der Waals surface area contributed by atoms with Crippen LogP contribution in [0.15, 0.2) is 59.1 Å². The zero-order valence-corrected chi connectivity index (χ0v) is 13.9. The maximum absolute atomic E-state index is 5.82. The van der Waals surface area contributed by atoms with Gasteiger partial charge in [0.05, 0.1) is 12.1 Å². The summed E-state index contributed by atoms with van der Waals surface area (Å²) in [4.78, 5) is 4.33. The Morgan fingerprint density at radius 2 is 1.87 bits per heavy atom. The quantitative estimate of drug-likeness (QED) is 0.721. The Hall–Kier alpha value is -2.34. The normalized spacial score (nSPS) is 19.9. The number of fused-ring (bicyclic) bond motifs is 1. The molecule has 0 amide bonds. The van der Waals surface area contributed by atoms with Gasteiger partial charge >= 0.3 is 0 Å². The average molecular weight is 370 g/mol. The molecule has 1 aliphatic heterocycles. The van der Waals surface area contributed by atoms with Crippen LogP contribution in [0.4, 0.5) is 11.9 Å². The van der Waals surface area contributed by atoms with Crippen molar-refractivity contribution in [2.24, 2.45) is 0 Å². The van der Waals surface area contributed by atoms with Crippen molar-refractivity contribution in [3.05, 3.63) is 70.2 Å². The number of hydrogen-bond acceptors (Lipinski definition) is 4. The predicted octanol–water partition coefficient (Wildman–Crippen LogP) is 3.77. The lowest BCUT2D eigenvalue weighted by atomic mass is 9.93. The number of hydrogen-bond donors (Lipinski definition) is 2. The first-order valence-electron chi connectivity index (χ1n) is 7.49. The van der Waals surface area contributed by atoms with Crippen LogP contribution in [0.1, 0.15) is 29.6 Å². The fourth-order valence-electron chi connectivity index (χ4n) is 3.09. The maximum atomic E-state index is 5.82. The SMILES string of the molecule is Nc1nc2n(n1)[C@@H](c1cccc(Br)c1)C[C@H](c1ccccc1)N2. The van der Waals surface area contributed by atoms with Crippen LogP contribution in [0.2, 0.25) is 0 Å². The van der Waals surface area contributed by atoms with Crippen LogP contribution in [0.5, 0.6) is 0 Å². The van der Waals surface area contributed by atoms with Crippen molar-refractivity contribution < 1.29 is 0 Å². The number of halogens is 1. The van der Waals surface area contributed by atoms with E-state index in [4.69, 9.17) is 5.73 Å². The number of nitrogens with zero attached hydrogens (tertiary/aromatic N) is 3. The van der Waals surface area contributed by atoms with Gasteiger partial charge in [-0.3, -0.25) is 0 Å². The Bertz CT molecular complexity index is 830. The molecule has 3 aromatic rings. The van der Waals surface area contributed by atoms with Crippen LogP contribution in [0.25, 0.3) is 0 Å². The number of rotatable bonds is 2. The summed E-state index contributed by atoms with van der Waals surface area (Å²) in [6, 6.07) is 19.0. The van der Waals surface area contributed by atoms with Gasteiger partial charge in [-0.15, -0.1) is 5.10 Å². The van der Waals surface area contributed by atoms with Crippen molar-refractivity contribution in [1.29, 1.82) is 0 Å². The third-order valence-corrected chi connectivity index (χ3v) is 4.63. The van der Waals surface area contributed by atoms with E-state index in [2.05, 4.69) is 67.7 Å². The van der Waals surface area contributed by atoms with Gasteiger partial charge in [-0.25, -0.2) is 4.68 Å². The molecule has 23 heavy (non-hydrogen) atoms. The second-order valence-corrected chi connectivity index (χ2v) is 6.57. The smallest absolute Gasteiger partial charge is 0.241 e. The van der Waals surface area contributed by atoms with Crippen LogP contribution in [-0.2, 0) is 0 Å². The first-order valence-corrected chi connectivity index (χ1v) is 8.29. The van der Waals surface area contributed by atoms with Crippen LogP contribution >= 0.6 is 15.9 Å². The van der Waals surface area contributed by atoms with E-state index in [0.717, 1.165) is 10.9 Å². The molecule has 5 nitrogen and oxygen atoms in total. The van der Waals surface area contributed by atoms with Gasteiger partial charge in [0, 0.05) is 4.47 Å². The number of nitrogens with two attached hydrogens (primary N) is 1. The lowest BCUT2D eigenvalue weighted by Gasteiger charge is -2.31. The molecular formula is C17H16BrN5. The largest absolute Gasteiger partial charge is 0.366 e. The number of benzene rings is 2. The van der Waals surface area contributed by atoms with Gasteiger partial charge in [0.15, 0.2) is 0 Å². The van der Waals surface area contributed by atoms with Gasteiger partial charge in [0.25, 0.3) is 0 Å². The Balaban J connectivity index is 1.78.